The Morgan fingerprint density at radius 2 is 1.83 bits per heavy atom. The van der Waals surface area contributed by atoms with E-state index in [-0.39, 0.29) is 0 Å². The van der Waals surface area contributed by atoms with Crippen molar-refractivity contribution in [1.82, 2.24) is 15.2 Å². The van der Waals surface area contributed by atoms with Crippen LogP contribution in [0, 0.1) is 6.92 Å². The fraction of sp³-hybridized carbons (Fsp3) is 0.263. The minimum atomic E-state index is 0.447. The first-order valence-electron chi connectivity index (χ1n) is 8.09. The quantitative estimate of drug-likeness (QED) is 0.601. The Hall–Kier alpha value is -2.27. The lowest BCUT2D eigenvalue weighted by atomic mass is 10.0. The molecule has 2 N–H and O–H groups in total. The van der Waals surface area contributed by atoms with Crippen molar-refractivity contribution in [2.24, 2.45) is 0 Å². The maximum Gasteiger partial charge on any atom is 0.247 e. The topological polar surface area (TPSA) is 53.6 Å². The molecule has 3 aromatic rings. The second kappa shape index (κ2) is 7.53. The molecule has 0 spiro atoms. The molecule has 124 valence electrons. The molecule has 24 heavy (non-hydrogen) atoms. The van der Waals surface area contributed by atoms with Crippen molar-refractivity contribution < 1.29 is 0 Å². The second-order valence-electron chi connectivity index (χ2n) is 6.05. The smallest absolute Gasteiger partial charge is 0.247 e. The van der Waals surface area contributed by atoms with Gasteiger partial charge in [0, 0.05) is 11.4 Å². The highest BCUT2D eigenvalue weighted by molar-refractivity contribution is 7.98. The van der Waals surface area contributed by atoms with Crippen LogP contribution >= 0.6 is 11.8 Å². The molecule has 0 unspecified atom stereocenters. The highest BCUT2D eigenvalue weighted by atomic mass is 32.2. The Bertz CT molecular complexity index is 810. The Balaban J connectivity index is 1.67. The maximum atomic E-state index is 4.54. The molecule has 0 aliphatic carbocycles. The Morgan fingerprint density at radius 3 is 2.62 bits per heavy atom. The van der Waals surface area contributed by atoms with E-state index in [9.17, 15) is 0 Å². The number of aryl methyl sites for hydroxylation is 1. The molecule has 0 aliphatic heterocycles. The summed E-state index contributed by atoms with van der Waals surface area (Å²) in [5.74, 6) is 1.93. The number of anilines is 2. The molecular weight excluding hydrogens is 316 g/mol. The summed E-state index contributed by atoms with van der Waals surface area (Å²) in [5, 5.41) is 11.4. The first kappa shape index (κ1) is 16.6. The predicted octanol–water partition coefficient (Wildman–Crippen LogP) is 5.27. The van der Waals surface area contributed by atoms with Crippen LogP contribution in [0.2, 0.25) is 0 Å². The van der Waals surface area contributed by atoms with Crippen molar-refractivity contribution in [3.63, 3.8) is 0 Å². The van der Waals surface area contributed by atoms with Crippen LogP contribution in [-0.4, -0.2) is 15.2 Å². The number of hydrogen-bond donors (Lipinski definition) is 2. The third-order valence-corrected chi connectivity index (χ3v) is 4.83. The molecule has 1 aromatic heterocycles. The lowest BCUT2D eigenvalue weighted by molar-refractivity contribution is 0.868. The molecule has 0 saturated carbocycles. The van der Waals surface area contributed by atoms with Crippen molar-refractivity contribution in [3.8, 4) is 0 Å². The van der Waals surface area contributed by atoms with Gasteiger partial charge in [0.1, 0.15) is 0 Å². The normalized spacial score (nSPS) is 11.0. The zero-order valence-corrected chi connectivity index (χ0v) is 15.0. The average molecular weight is 338 g/mol. The van der Waals surface area contributed by atoms with Crippen LogP contribution in [0.15, 0.2) is 53.7 Å². The molecular formula is C19H22N4S. The van der Waals surface area contributed by atoms with Gasteiger partial charge in [-0.05, 0) is 35.6 Å². The summed E-state index contributed by atoms with van der Waals surface area (Å²) in [6, 6.07) is 16.7. The lowest BCUT2D eigenvalue weighted by Gasteiger charge is -2.12. The molecule has 5 heteroatoms. The van der Waals surface area contributed by atoms with E-state index in [0.717, 1.165) is 16.6 Å². The Labute approximate surface area is 147 Å². The highest BCUT2D eigenvalue weighted by Crippen LogP contribution is 2.27. The van der Waals surface area contributed by atoms with E-state index >= 15 is 0 Å². The van der Waals surface area contributed by atoms with Gasteiger partial charge in [-0.1, -0.05) is 68.1 Å². The second-order valence-corrected chi connectivity index (χ2v) is 7.01. The third-order valence-electron chi connectivity index (χ3n) is 3.92. The van der Waals surface area contributed by atoms with Crippen LogP contribution in [0.5, 0.6) is 0 Å². The molecule has 0 amide bonds. The molecule has 0 atom stereocenters. The number of hydrogen-bond acceptors (Lipinski definition) is 4. The van der Waals surface area contributed by atoms with Crippen LogP contribution in [0.3, 0.4) is 0 Å². The number of aromatic nitrogens is 3. The van der Waals surface area contributed by atoms with Gasteiger partial charge in [0.25, 0.3) is 0 Å². The minimum Gasteiger partial charge on any atom is -0.323 e. The molecule has 0 radical (unpaired) electrons. The molecule has 0 fully saturated rings. The molecule has 0 bridgehead atoms. The zero-order chi connectivity index (χ0) is 16.9. The molecule has 3 rings (SSSR count). The average Bonchev–Trinajstić information content (AvgIpc) is 3.02. The van der Waals surface area contributed by atoms with E-state index in [4.69, 9.17) is 0 Å². The van der Waals surface area contributed by atoms with Gasteiger partial charge in [-0.3, -0.25) is 5.10 Å². The van der Waals surface area contributed by atoms with Gasteiger partial charge in [0.05, 0.1) is 0 Å². The first-order valence-corrected chi connectivity index (χ1v) is 9.07. The van der Waals surface area contributed by atoms with Crippen LogP contribution < -0.4 is 5.32 Å². The third kappa shape index (κ3) is 3.97. The van der Waals surface area contributed by atoms with Crippen molar-refractivity contribution in [2.45, 2.75) is 37.6 Å². The number of rotatable bonds is 6. The summed E-state index contributed by atoms with van der Waals surface area (Å²) >= 11 is 1.66. The van der Waals surface area contributed by atoms with Crippen molar-refractivity contribution in [2.75, 3.05) is 5.32 Å². The Morgan fingerprint density at radius 1 is 1.08 bits per heavy atom. The largest absolute Gasteiger partial charge is 0.323 e. The van der Waals surface area contributed by atoms with Gasteiger partial charge < -0.3 is 5.32 Å². The fourth-order valence-corrected chi connectivity index (χ4v) is 3.40. The van der Waals surface area contributed by atoms with Crippen LogP contribution in [0.1, 0.15) is 36.5 Å². The summed E-state index contributed by atoms with van der Waals surface area (Å²) in [5.41, 5.74) is 4.94. The maximum absolute atomic E-state index is 4.54. The van der Waals surface area contributed by atoms with Crippen LogP contribution in [-0.2, 0) is 5.75 Å². The summed E-state index contributed by atoms with van der Waals surface area (Å²) in [4.78, 5) is 4.54. The highest BCUT2D eigenvalue weighted by Gasteiger charge is 2.09. The van der Waals surface area contributed by atoms with E-state index in [0.29, 0.717) is 11.9 Å². The Kier molecular flexibility index (Phi) is 5.20. The zero-order valence-electron chi connectivity index (χ0n) is 14.2. The molecule has 4 nitrogen and oxygen atoms in total. The van der Waals surface area contributed by atoms with E-state index in [1.54, 1.807) is 11.8 Å². The number of nitrogens with one attached hydrogen (secondary N) is 2. The van der Waals surface area contributed by atoms with Gasteiger partial charge in [0.15, 0.2) is 5.16 Å². The number of H-pyrrole nitrogens is 1. The summed E-state index contributed by atoms with van der Waals surface area (Å²) < 4.78 is 0. The number of thioether (sulfide) groups is 1. The monoisotopic (exact) mass is 338 g/mol. The number of para-hydroxylation sites is 1. The summed E-state index contributed by atoms with van der Waals surface area (Å²) in [6.07, 6.45) is 0. The van der Waals surface area contributed by atoms with E-state index in [1.807, 2.05) is 6.07 Å². The predicted molar refractivity (Wildman–Crippen MR) is 101 cm³/mol. The van der Waals surface area contributed by atoms with Crippen molar-refractivity contribution in [1.29, 1.82) is 0 Å². The minimum absolute atomic E-state index is 0.447. The number of aromatic amines is 1. The summed E-state index contributed by atoms with van der Waals surface area (Å²) in [7, 11) is 0. The molecule has 2 aromatic carbocycles. The van der Waals surface area contributed by atoms with Crippen molar-refractivity contribution in [3.05, 3.63) is 65.2 Å². The summed E-state index contributed by atoms with van der Waals surface area (Å²) in [6.45, 7) is 6.50. The van der Waals surface area contributed by atoms with Crippen molar-refractivity contribution >= 4 is 23.4 Å². The SMILES string of the molecule is Cc1ccccc1CSc1nc(Nc2ccccc2C(C)C)n[nH]1. The van der Waals surface area contributed by atoms with E-state index < -0.39 is 0 Å². The van der Waals surface area contributed by atoms with Crippen LogP contribution in [0.25, 0.3) is 0 Å². The fourth-order valence-electron chi connectivity index (χ4n) is 2.52. The molecule has 0 aliphatic rings. The first-order chi connectivity index (χ1) is 11.6. The standard InChI is InChI=1S/C19H22N4S/c1-13(2)16-10-6-7-11-17(16)20-18-21-19(23-22-18)24-12-15-9-5-4-8-14(15)3/h4-11,13H,12H2,1-3H3,(H2,20,21,22,23). The van der Waals surface area contributed by atoms with Crippen LogP contribution in [0.4, 0.5) is 11.6 Å². The molecule has 1 heterocycles. The van der Waals surface area contributed by atoms with Gasteiger partial charge in [0.2, 0.25) is 5.95 Å². The van der Waals surface area contributed by atoms with Gasteiger partial charge in [-0.2, -0.15) is 4.98 Å². The van der Waals surface area contributed by atoms with Gasteiger partial charge in [-0.15, -0.1) is 5.10 Å². The molecule has 0 saturated heterocycles. The van der Waals surface area contributed by atoms with Gasteiger partial charge >= 0.3 is 0 Å². The lowest BCUT2D eigenvalue weighted by Crippen LogP contribution is -1.98. The number of benzene rings is 2. The van der Waals surface area contributed by atoms with E-state index in [1.165, 1.54) is 16.7 Å². The van der Waals surface area contributed by atoms with Gasteiger partial charge in [-0.25, -0.2) is 0 Å². The van der Waals surface area contributed by atoms with E-state index in [2.05, 4.69) is 83.7 Å². The number of nitrogens with zero attached hydrogens (tertiary/aromatic N) is 2.